The number of ether oxygens (including phenoxy) is 1. The van der Waals surface area contributed by atoms with Crippen LogP contribution in [0.3, 0.4) is 0 Å². The van der Waals surface area contributed by atoms with Crippen LogP contribution in [0.25, 0.3) is 0 Å². The molecule has 4 heteroatoms. The van der Waals surface area contributed by atoms with Crippen LogP contribution in [0.2, 0.25) is 0 Å². The number of benzene rings is 1. The van der Waals surface area contributed by atoms with E-state index >= 15 is 0 Å². The number of nitrogens with one attached hydrogen (secondary N) is 1. The number of alkyl carbamates (subject to hydrolysis) is 1. The molecule has 104 valence electrons. The molecule has 0 spiro atoms. The number of amides is 1. The average molecular weight is 263 g/mol. The van der Waals surface area contributed by atoms with Gasteiger partial charge in [-0.05, 0) is 38.8 Å². The molecule has 1 aromatic carbocycles. The van der Waals surface area contributed by atoms with Crippen LogP contribution < -0.4 is 5.32 Å². The lowest BCUT2D eigenvalue weighted by Crippen LogP contribution is -2.35. The molecule has 0 aromatic heterocycles. The number of hydrogen-bond acceptors (Lipinski definition) is 3. The fraction of sp³-hybridized carbons (Fsp3) is 0.467. The van der Waals surface area contributed by atoms with Gasteiger partial charge >= 0.3 is 6.09 Å². The third kappa shape index (κ3) is 5.12. The van der Waals surface area contributed by atoms with Crippen LogP contribution in [0.5, 0.6) is 0 Å². The molecule has 0 aliphatic rings. The lowest BCUT2D eigenvalue weighted by atomic mass is 9.99. The van der Waals surface area contributed by atoms with Crippen molar-refractivity contribution in [2.24, 2.45) is 0 Å². The van der Waals surface area contributed by atoms with Gasteiger partial charge in [-0.1, -0.05) is 24.3 Å². The van der Waals surface area contributed by atoms with Crippen LogP contribution in [0.1, 0.15) is 44.4 Å². The zero-order chi connectivity index (χ0) is 14.5. The van der Waals surface area contributed by atoms with Crippen LogP contribution in [0.15, 0.2) is 24.3 Å². The first kappa shape index (κ1) is 15.2. The summed E-state index contributed by atoms with van der Waals surface area (Å²) in [5, 5.41) is 2.74. The molecule has 1 amide bonds. The van der Waals surface area contributed by atoms with Crippen LogP contribution in [0.4, 0.5) is 4.79 Å². The molecule has 0 saturated heterocycles. The third-order valence-corrected chi connectivity index (χ3v) is 2.59. The lowest BCUT2D eigenvalue weighted by molar-refractivity contribution is -0.108. The Morgan fingerprint density at radius 3 is 2.53 bits per heavy atom. The zero-order valence-corrected chi connectivity index (χ0v) is 11.9. The predicted octanol–water partition coefficient (Wildman–Crippen LogP) is 3.15. The van der Waals surface area contributed by atoms with Crippen molar-refractivity contribution in [1.82, 2.24) is 5.32 Å². The molecule has 0 bridgehead atoms. The molecule has 19 heavy (non-hydrogen) atoms. The Kier molecular flexibility index (Phi) is 5.10. The van der Waals surface area contributed by atoms with E-state index in [9.17, 15) is 9.59 Å². The summed E-state index contributed by atoms with van der Waals surface area (Å²) in [5.41, 5.74) is 1.41. The van der Waals surface area contributed by atoms with E-state index in [2.05, 4.69) is 5.32 Å². The number of carbonyl (C=O) groups is 2. The van der Waals surface area contributed by atoms with Gasteiger partial charge in [-0.25, -0.2) is 4.79 Å². The number of aryl methyl sites for hydroxylation is 1. The highest BCUT2D eigenvalue weighted by molar-refractivity contribution is 5.69. The Bertz CT molecular complexity index is 449. The maximum atomic E-state index is 11.8. The summed E-state index contributed by atoms with van der Waals surface area (Å²) >= 11 is 0. The zero-order valence-electron chi connectivity index (χ0n) is 11.9. The van der Waals surface area contributed by atoms with Gasteiger partial charge in [0, 0.05) is 6.42 Å². The van der Waals surface area contributed by atoms with Gasteiger partial charge in [0.15, 0.2) is 0 Å². The van der Waals surface area contributed by atoms with Gasteiger partial charge in [0.25, 0.3) is 0 Å². The lowest BCUT2D eigenvalue weighted by Gasteiger charge is -2.23. The fourth-order valence-corrected chi connectivity index (χ4v) is 1.79. The smallest absolute Gasteiger partial charge is 0.408 e. The first-order valence-corrected chi connectivity index (χ1v) is 6.32. The monoisotopic (exact) mass is 263 g/mol. The van der Waals surface area contributed by atoms with Crippen molar-refractivity contribution in [1.29, 1.82) is 0 Å². The van der Waals surface area contributed by atoms with Crippen molar-refractivity contribution in [2.75, 3.05) is 0 Å². The summed E-state index contributed by atoms with van der Waals surface area (Å²) in [4.78, 5) is 22.6. The molecule has 0 radical (unpaired) electrons. The molecule has 4 nitrogen and oxygen atoms in total. The molecule has 0 saturated carbocycles. The van der Waals surface area contributed by atoms with Crippen molar-refractivity contribution in [3.63, 3.8) is 0 Å². The highest BCUT2D eigenvalue weighted by atomic mass is 16.6. The van der Waals surface area contributed by atoms with Crippen LogP contribution in [0, 0.1) is 6.92 Å². The molecular formula is C15H21NO3. The summed E-state index contributed by atoms with van der Waals surface area (Å²) < 4.78 is 5.21. The first-order valence-electron chi connectivity index (χ1n) is 6.32. The highest BCUT2D eigenvalue weighted by Crippen LogP contribution is 2.20. The largest absolute Gasteiger partial charge is 0.444 e. The van der Waals surface area contributed by atoms with E-state index in [0.717, 1.165) is 17.4 Å². The van der Waals surface area contributed by atoms with E-state index in [-0.39, 0.29) is 12.5 Å². The summed E-state index contributed by atoms with van der Waals surface area (Å²) in [7, 11) is 0. The number of carbonyl (C=O) groups excluding carboxylic acids is 2. The highest BCUT2D eigenvalue weighted by Gasteiger charge is 2.21. The van der Waals surface area contributed by atoms with Gasteiger partial charge in [0.2, 0.25) is 0 Å². The summed E-state index contributed by atoms with van der Waals surface area (Å²) in [6.07, 6.45) is 0.515. The van der Waals surface area contributed by atoms with Gasteiger partial charge in [-0.3, -0.25) is 0 Å². The topological polar surface area (TPSA) is 55.4 Å². The summed E-state index contributed by atoms with van der Waals surface area (Å²) in [5.74, 6) is 0. The molecule has 1 atom stereocenters. The van der Waals surface area contributed by atoms with Gasteiger partial charge in [-0.2, -0.15) is 0 Å². The summed E-state index contributed by atoms with van der Waals surface area (Å²) in [6.45, 7) is 7.35. The Hall–Kier alpha value is -1.84. The molecule has 1 aromatic rings. The molecule has 1 N–H and O–H groups in total. The molecule has 1 unspecified atom stereocenters. The maximum absolute atomic E-state index is 11.8. The average Bonchev–Trinajstić information content (AvgIpc) is 2.26. The van der Waals surface area contributed by atoms with Gasteiger partial charge < -0.3 is 14.8 Å². The maximum Gasteiger partial charge on any atom is 0.408 e. The minimum atomic E-state index is -0.554. The quantitative estimate of drug-likeness (QED) is 0.849. The van der Waals surface area contributed by atoms with E-state index in [1.54, 1.807) is 20.8 Å². The van der Waals surface area contributed by atoms with E-state index in [1.165, 1.54) is 0 Å². The standard InChI is InChI=1S/C15H21NO3/c1-11-7-5-6-8-12(11)13(9-10-17)16-14(18)19-15(2,3)4/h5-8,10,13H,9H2,1-4H3,(H,16,18). The van der Waals surface area contributed by atoms with Crippen LogP contribution in [-0.4, -0.2) is 18.0 Å². The summed E-state index contributed by atoms with van der Waals surface area (Å²) in [6, 6.07) is 7.31. The van der Waals surface area contributed by atoms with Crippen molar-refractivity contribution in [3.8, 4) is 0 Å². The van der Waals surface area contributed by atoms with E-state index in [4.69, 9.17) is 4.74 Å². The van der Waals surface area contributed by atoms with Crippen LogP contribution in [-0.2, 0) is 9.53 Å². The van der Waals surface area contributed by atoms with E-state index < -0.39 is 11.7 Å². The van der Waals surface area contributed by atoms with E-state index in [0.29, 0.717) is 0 Å². The normalized spacial score (nSPS) is 12.6. The predicted molar refractivity (Wildman–Crippen MR) is 74.0 cm³/mol. The Morgan fingerprint density at radius 1 is 1.37 bits per heavy atom. The van der Waals surface area contributed by atoms with Gasteiger partial charge in [0.1, 0.15) is 11.9 Å². The minimum Gasteiger partial charge on any atom is -0.444 e. The van der Waals surface area contributed by atoms with Crippen molar-refractivity contribution in [3.05, 3.63) is 35.4 Å². The number of rotatable bonds is 4. The molecule has 0 fully saturated rings. The van der Waals surface area contributed by atoms with Gasteiger partial charge in [0.05, 0.1) is 6.04 Å². The minimum absolute atomic E-state index is 0.226. The van der Waals surface area contributed by atoms with Crippen LogP contribution >= 0.6 is 0 Å². The van der Waals surface area contributed by atoms with Gasteiger partial charge in [-0.15, -0.1) is 0 Å². The second kappa shape index (κ2) is 6.36. The molecule has 0 aliphatic heterocycles. The second-order valence-corrected chi connectivity index (χ2v) is 5.46. The van der Waals surface area contributed by atoms with Crippen molar-refractivity contribution >= 4 is 12.4 Å². The molecule has 0 aliphatic carbocycles. The SMILES string of the molecule is Cc1ccccc1C(CC=O)NC(=O)OC(C)(C)C. The molecule has 0 heterocycles. The fourth-order valence-electron chi connectivity index (χ4n) is 1.79. The van der Waals surface area contributed by atoms with E-state index in [1.807, 2.05) is 31.2 Å². The third-order valence-electron chi connectivity index (χ3n) is 2.59. The number of hydrogen-bond donors (Lipinski definition) is 1. The molecule has 1 rings (SSSR count). The Labute approximate surface area is 114 Å². The number of aldehydes is 1. The first-order chi connectivity index (χ1) is 8.83. The van der Waals surface area contributed by atoms with Crippen molar-refractivity contribution in [2.45, 2.75) is 45.8 Å². The molecular weight excluding hydrogens is 242 g/mol. The van der Waals surface area contributed by atoms with Crippen molar-refractivity contribution < 1.29 is 14.3 Å². The Morgan fingerprint density at radius 2 is 2.00 bits per heavy atom. The second-order valence-electron chi connectivity index (χ2n) is 5.46. The Balaban J connectivity index is 2.82.